The molecule has 1 saturated heterocycles. The van der Waals surface area contributed by atoms with Gasteiger partial charge in [0.2, 0.25) is 0 Å². The van der Waals surface area contributed by atoms with Gasteiger partial charge < -0.3 is 9.84 Å². The molecule has 1 rings (SSSR count). The summed E-state index contributed by atoms with van der Waals surface area (Å²) < 4.78 is 5.54. The van der Waals surface area contributed by atoms with Gasteiger partial charge in [0.15, 0.2) is 0 Å². The first-order valence-corrected chi connectivity index (χ1v) is 4.11. The van der Waals surface area contributed by atoms with E-state index in [1.54, 1.807) is 0 Å². The third-order valence-electron chi connectivity index (χ3n) is 2.20. The summed E-state index contributed by atoms with van der Waals surface area (Å²) >= 11 is 0. The SMILES string of the molecule is CC1OC(N(C)C)CCC1O. The lowest BCUT2D eigenvalue weighted by molar-refractivity contribution is -0.153. The number of ether oxygens (including phenoxy) is 1. The molecule has 1 aliphatic heterocycles. The molecule has 66 valence electrons. The molecule has 11 heavy (non-hydrogen) atoms. The summed E-state index contributed by atoms with van der Waals surface area (Å²) in [5.74, 6) is 0. The average molecular weight is 159 g/mol. The van der Waals surface area contributed by atoms with E-state index in [0.29, 0.717) is 0 Å². The highest BCUT2D eigenvalue weighted by Crippen LogP contribution is 2.19. The third kappa shape index (κ3) is 2.15. The number of nitrogens with zero attached hydrogens (tertiary/aromatic N) is 1. The van der Waals surface area contributed by atoms with Crippen molar-refractivity contribution in [2.75, 3.05) is 14.1 Å². The predicted octanol–water partition coefficient (Wildman–Crippen LogP) is 0.434. The molecule has 3 heteroatoms. The lowest BCUT2D eigenvalue weighted by atomic mass is 10.1. The van der Waals surface area contributed by atoms with Crippen molar-refractivity contribution in [2.45, 2.75) is 38.2 Å². The molecule has 1 fully saturated rings. The van der Waals surface area contributed by atoms with Gasteiger partial charge in [-0.05, 0) is 33.9 Å². The zero-order valence-corrected chi connectivity index (χ0v) is 7.45. The number of hydrogen-bond acceptors (Lipinski definition) is 3. The van der Waals surface area contributed by atoms with Crippen molar-refractivity contribution in [3.8, 4) is 0 Å². The predicted molar refractivity (Wildman–Crippen MR) is 43.3 cm³/mol. The van der Waals surface area contributed by atoms with E-state index < -0.39 is 0 Å². The van der Waals surface area contributed by atoms with Gasteiger partial charge in [-0.25, -0.2) is 0 Å². The Labute approximate surface area is 68.0 Å². The first kappa shape index (κ1) is 8.97. The van der Waals surface area contributed by atoms with E-state index >= 15 is 0 Å². The molecule has 0 radical (unpaired) electrons. The summed E-state index contributed by atoms with van der Waals surface area (Å²) in [5.41, 5.74) is 0. The molecule has 0 bridgehead atoms. The molecule has 3 atom stereocenters. The van der Waals surface area contributed by atoms with Crippen LogP contribution in [0.2, 0.25) is 0 Å². The fourth-order valence-corrected chi connectivity index (χ4v) is 1.33. The monoisotopic (exact) mass is 159 g/mol. The fourth-order valence-electron chi connectivity index (χ4n) is 1.33. The minimum absolute atomic E-state index is 0.0175. The van der Waals surface area contributed by atoms with Crippen LogP contribution < -0.4 is 0 Å². The van der Waals surface area contributed by atoms with Crippen LogP contribution in [0.15, 0.2) is 0 Å². The molecule has 0 amide bonds. The molecule has 0 aromatic carbocycles. The van der Waals surface area contributed by atoms with Crippen molar-refractivity contribution in [1.29, 1.82) is 0 Å². The molecule has 0 aromatic rings. The van der Waals surface area contributed by atoms with Crippen LogP contribution in [-0.2, 0) is 4.74 Å². The second-order valence-corrected chi connectivity index (χ2v) is 3.40. The Bertz CT molecular complexity index is 127. The van der Waals surface area contributed by atoms with E-state index in [0.717, 1.165) is 12.8 Å². The second kappa shape index (κ2) is 3.52. The van der Waals surface area contributed by atoms with Gasteiger partial charge >= 0.3 is 0 Å². The maximum atomic E-state index is 9.33. The summed E-state index contributed by atoms with van der Waals surface area (Å²) in [6.07, 6.45) is 1.68. The van der Waals surface area contributed by atoms with E-state index in [1.807, 2.05) is 25.9 Å². The van der Waals surface area contributed by atoms with Gasteiger partial charge in [0, 0.05) is 0 Å². The molecular weight excluding hydrogens is 142 g/mol. The summed E-state index contributed by atoms with van der Waals surface area (Å²) in [6, 6.07) is 0. The van der Waals surface area contributed by atoms with E-state index in [-0.39, 0.29) is 18.4 Å². The highest BCUT2D eigenvalue weighted by molar-refractivity contribution is 4.73. The summed E-state index contributed by atoms with van der Waals surface area (Å²) in [7, 11) is 3.99. The van der Waals surface area contributed by atoms with Gasteiger partial charge in [-0.3, -0.25) is 4.90 Å². The van der Waals surface area contributed by atoms with Gasteiger partial charge in [0.05, 0.1) is 12.2 Å². The number of aliphatic hydroxyl groups is 1. The second-order valence-electron chi connectivity index (χ2n) is 3.40. The molecule has 3 nitrogen and oxygen atoms in total. The Morgan fingerprint density at radius 3 is 2.45 bits per heavy atom. The Hall–Kier alpha value is -0.120. The summed E-state index contributed by atoms with van der Waals surface area (Å²) in [4.78, 5) is 2.04. The van der Waals surface area contributed by atoms with Crippen LogP contribution in [0.4, 0.5) is 0 Å². The Balaban J connectivity index is 2.40. The van der Waals surface area contributed by atoms with E-state index in [2.05, 4.69) is 0 Å². The van der Waals surface area contributed by atoms with E-state index in [4.69, 9.17) is 4.74 Å². The average Bonchev–Trinajstić information content (AvgIpc) is 1.94. The smallest absolute Gasteiger partial charge is 0.110 e. The quantitative estimate of drug-likeness (QED) is 0.602. The summed E-state index contributed by atoms with van der Waals surface area (Å²) in [5, 5.41) is 9.33. The van der Waals surface area contributed by atoms with E-state index in [1.165, 1.54) is 0 Å². The zero-order chi connectivity index (χ0) is 8.43. The lowest BCUT2D eigenvalue weighted by Gasteiger charge is -2.35. The van der Waals surface area contributed by atoms with Crippen molar-refractivity contribution >= 4 is 0 Å². The minimum Gasteiger partial charge on any atom is -0.390 e. The Kier molecular flexibility index (Phi) is 2.87. The third-order valence-corrected chi connectivity index (χ3v) is 2.20. The number of aliphatic hydroxyl groups excluding tert-OH is 1. The highest BCUT2D eigenvalue weighted by atomic mass is 16.5. The van der Waals surface area contributed by atoms with Gasteiger partial charge in [-0.1, -0.05) is 0 Å². The van der Waals surface area contributed by atoms with Crippen LogP contribution in [-0.4, -0.2) is 42.5 Å². The van der Waals surface area contributed by atoms with Crippen LogP contribution in [0.5, 0.6) is 0 Å². The van der Waals surface area contributed by atoms with Crippen LogP contribution in [0, 0.1) is 0 Å². The molecular formula is C8H17NO2. The standard InChI is InChI=1S/C8H17NO2/c1-6-7(10)4-5-8(11-6)9(2)3/h6-8,10H,4-5H2,1-3H3. The van der Waals surface area contributed by atoms with Crippen LogP contribution >= 0.6 is 0 Å². The topological polar surface area (TPSA) is 32.7 Å². The van der Waals surface area contributed by atoms with Crippen LogP contribution in [0.1, 0.15) is 19.8 Å². The van der Waals surface area contributed by atoms with Crippen molar-refractivity contribution < 1.29 is 9.84 Å². The highest BCUT2D eigenvalue weighted by Gasteiger charge is 2.27. The maximum Gasteiger partial charge on any atom is 0.110 e. The van der Waals surface area contributed by atoms with Gasteiger partial charge in [0.1, 0.15) is 6.23 Å². The first-order valence-electron chi connectivity index (χ1n) is 4.11. The normalized spacial score (nSPS) is 39.5. The molecule has 0 aromatic heterocycles. The van der Waals surface area contributed by atoms with Crippen molar-refractivity contribution in [3.05, 3.63) is 0 Å². The van der Waals surface area contributed by atoms with Gasteiger partial charge in [0.25, 0.3) is 0 Å². The molecule has 3 unspecified atom stereocenters. The maximum absolute atomic E-state index is 9.33. The molecule has 1 heterocycles. The van der Waals surface area contributed by atoms with E-state index in [9.17, 15) is 5.11 Å². The van der Waals surface area contributed by atoms with Crippen LogP contribution in [0.25, 0.3) is 0 Å². The summed E-state index contributed by atoms with van der Waals surface area (Å²) in [6.45, 7) is 1.92. The molecule has 0 spiro atoms. The van der Waals surface area contributed by atoms with Gasteiger partial charge in [-0.2, -0.15) is 0 Å². The lowest BCUT2D eigenvalue weighted by Crippen LogP contribution is -2.43. The van der Waals surface area contributed by atoms with Gasteiger partial charge in [-0.15, -0.1) is 0 Å². The van der Waals surface area contributed by atoms with Crippen molar-refractivity contribution in [3.63, 3.8) is 0 Å². The largest absolute Gasteiger partial charge is 0.390 e. The zero-order valence-electron chi connectivity index (χ0n) is 7.45. The fraction of sp³-hybridized carbons (Fsp3) is 1.00. The van der Waals surface area contributed by atoms with Crippen LogP contribution in [0.3, 0.4) is 0 Å². The number of hydrogen-bond donors (Lipinski definition) is 1. The first-order chi connectivity index (χ1) is 5.11. The molecule has 1 aliphatic rings. The molecule has 0 saturated carbocycles. The van der Waals surface area contributed by atoms with Crippen molar-refractivity contribution in [1.82, 2.24) is 4.90 Å². The number of rotatable bonds is 1. The molecule has 0 aliphatic carbocycles. The minimum atomic E-state index is -0.272. The molecule has 1 N–H and O–H groups in total. The Morgan fingerprint density at radius 2 is 2.00 bits per heavy atom. The van der Waals surface area contributed by atoms with Crippen molar-refractivity contribution in [2.24, 2.45) is 0 Å². The Morgan fingerprint density at radius 1 is 1.36 bits per heavy atom.